The highest BCUT2D eigenvalue weighted by atomic mass is 16.2. The lowest BCUT2D eigenvalue weighted by Crippen LogP contribution is -2.27. The molecule has 2 aromatic carbocycles. The van der Waals surface area contributed by atoms with E-state index < -0.39 is 0 Å². The highest BCUT2D eigenvalue weighted by Gasteiger charge is 2.51. The molecule has 23 heavy (non-hydrogen) atoms. The van der Waals surface area contributed by atoms with Crippen LogP contribution in [0.1, 0.15) is 18.4 Å². The summed E-state index contributed by atoms with van der Waals surface area (Å²) in [6, 6.07) is 17.4. The van der Waals surface area contributed by atoms with Gasteiger partial charge in [0.25, 0.3) is 0 Å². The van der Waals surface area contributed by atoms with E-state index in [-0.39, 0.29) is 11.3 Å². The Kier molecular flexibility index (Phi) is 3.15. The Morgan fingerprint density at radius 3 is 2.61 bits per heavy atom. The number of rotatable bonds is 4. The molecule has 0 atom stereocenters. The van der Waals surface area contributed by atoms with Crippen LogP contribution in [0.2, 0.25) is 0 Å². The van der Waals surface area contributed by atoms with E-state index in [1.807, 2.05) is 54.6 Å². The molecule has 1 fully saturated rings. The van der Waals surface area contributed by atoms with E-state index in [2.05, 4.69) is 20.8 Å². The molecule has 6 heteroatoms. The van der Waals surface area contributed by atoms with E-state index in [1.54, 1.807) is 4.68 Å². The molecule has 0 aliphatic heterocycles. The first-order valence-electron chi connectivity index (χ1n) is 7.48. The van der Waals surface area contributed by atoms with Crippen LogP contribution in [0.3, 0.4) is 0 Å². The third kappa shape index (κ3) is 2.48. The van der Waals surface area contributed by atoms with Crippen molar-refractivity contribution < 1.29 is 4.79 Å². The fraction of sp³-hybridized carbons (Fsp3) is 0.176. The first-order valence-corrected chi connectivity index (χ1v) is 7.48. The number of benzene rings is 2. The van der Waals surface area contributed by atoms with E-state index >= 15 is 0 Å². The van der Waals surface area contributed by atoms with Crippen LogP contribution in [0.15, 0.2) is 60.9 Å². The second-order valence-electron chi connectivity index (χ2n) is 5.71. The van der Waals surface area contributed by atoms with Crippen molar-refractivity contribution in [2.24, 2.45) is 0 Å². The number of aromatic nitrogens is 4. The molecule has 1 amide bonds. The average molecular weight is 305 g/mol. The Labute approximate surface area is 133 Å². The zero-order valence-electron chi connectivity index (χ0n) is 12.4. The van der Waals surface area contributed by atoms with Crippen molar-refractivity contribution in [3.8, 4) is 5.69 Å². The summed E-state index contributed by atoms with van der Waals surface area (Å²) < 4.78 is 1.56. The molecule has 1 N–H and O–H groups in total. The molecule has 1 aliphatic carbocycles. The highest BCUT2D eigenvalue weighted by Crippen LogP contribution is 2.48. The molecule has 1 aromatic heterocycles. The molecule has 0 radical (unpaired) electrons. The fourth-order valence-corrected chi connectivity index (χ4v) is 2.79. The number of tetrazole rings is 1. The number of nitrogens with one attached hydrogen (secondary N) is 1. The Morgan fingerprint density at radius 1 is 1.09 bits per heavy atom. The van der Waals surface area contributed by atoms with Crippen molar-refractivity contribution in [1.29, 1.82) is 0 Å². The lowest BCUT2D eigenvalue weighted by atomic mass is 9.95. The van der Waals surface area contributed by atoms with Crippen molar-refractivity contribution in [3.63, 3.8) is 0 Å². The zero-order chi connectivity index (χ0) is 15.7. The molecule has 1 aliphatic rings. The minimum atomic E-state index is -0.383. The van der Waals surface area contributed by atoms with Crippen LogP contribution < -0.4 is 5.32 Å². The summed E-state index contributed by atoms with van der Waals surface area (Å²) >= 11 is 0. The first kappa shape index (κ1) is 13.6. The second kappa shape index (κ2) is 5.31. The Bertz CT molecular complexity index is 825. The predicted octanol–water partition coefficient (Wildman–Crippen LogP) is 2.33. The summed E-state index contributed by atoms with van der Waals surface area (Å²) in [5.74, 6) is 0.0394. The third-order valence-corrected chi connectivity index (χ3v) is 4.23. The van der Waals surface area contributed by atoms with E-state index in [1.165, 1.54) is 6.33 Å². The predicted molar refractivity (Wildman–Crippen MR) is 85.1 cm³/mol. The highest BCUT2D eigenvalue weighted by molar-refractivity contribution is 6.01. The van der Waals surface area contributed by atoms with Gasteiger partial charge in [-0.3, -0.25) is 4.79 Å². The molecule has 6 nitrogen and oxygen atoms in total. The van der Waals surface area contributed by atoms with Gasteiger partial charge in [-0.05, 0) is 47.0 Å². The Morgan fingerprint density at radius 2 is 1.91 bits per heavy atom. The van der Waals surface area contributed by atoms with Gasteiger partial charge in [-0.1, -0.05) is 36.4 Å². The topological polar surface area (TPSA) is 72.7 Å². The molecule has 0 spiro atoms. The number of amides is 1. The Hall–Kier alpha value is -3.02. The summed E-state index contributed by atoms with van der Waals surface area (Å²) in [5, 5.41) is 14.1. The molecule has 0 unspecified atom stereocenters. The van der Waals surface area contributed by atoms with Gasteiger partial charge in [0.05, 0.1) is 11.1 Å². The number of carbonyl (C=O) groups is 1. The number of nitrogens with zero attached hydrogens (tertiary/aromatic N) is 4. The van der Waals surface area contributed by atoms with Gasteiger partial charge in [0.2, 0.25) is 5.91 Å². The van der Waals surface area contributed by atoms with Crippen molar-refractivity contribution in [3.05, 3.63) is 66.5 Å². The van der Waals surface area contributed by atoms with Gasteiger partial charge < -0.3 is 5.32 Å². The minimum Gasteiger partial charge on any atom is -0.325 e. The number of anilines is 1. The van der Waals surface area contributed by atoms with Crippen molar-refractivity contribution in [1.82, 2.24) is 20.2 Å². The molecular formula is C17H15N5O. The van der Waals surface area contributed by atoms with Crippen LogP contribution in [0.5, 0.6) is 0 Å². The molecule has 1 saturated carbocycles. The van der Waals surface area contributed by atoms with Crippen LogP contribution in [0, 0.1) is 0 Å². The van der Waals surface area contributed by atoms with Gasteiger partial charge in [-0.25, -0.2) is 4.68 Å². The van der Waals surface area contributed by atoms with Crippen LogP contribution in [0.4, 0.5) is 5.69 Å². The van der Waals surface area contributed by atoms with Gasteiger partial charge in [-0.15, -0.1) is 5.10 Å². The summed E-state index contributed by atoms with van der Waals surface area (Å²) in [4.78, 5) is 12.7. The van der Waals surface area contributed by atoms with Crippen molar-refractivity contribution in [2.45, 2.75) is 18.3 Å². The number of hydrogen-bond donors (Lipinski definition) is 1. The molecule has 114 valence electrons. The van der Waals surface area contributed by atoms with Crippen LogP contribution >= 0.6 is 0 Å². The SMILES string of the molecule is O=C(Nc1cccc(-n2cnnn2)c1)C1(c2ccccc2)CC1. The normalized spacial score (nSPS) is 15.1. The van der Waals surface area contributed by atoms with Crippen LogP contribution in [0.25, 0.3) is 5.69 Å². The Balaban J connectivity index is 1.57. The van der Waals surface area contributed by atoms with Gasteiger partial charge >= 0.3 is 0 Å². The lowest BCUT2D eigenvalue weighted by Gasteiger charge is -2.16. The minimum absolute atomic E-state index is 0.0394. The largest absolute Gasteiger partial charge is 0.325 e. The maximum Gasteiger partial charge on any atom is 0.235 e. The molecule has 3 aromatic rings. The van der Waals surface area contributed by atoms with Crippen molar-refractivity contribution >= 4 is 11.6 Å². The van der Waals surface area contributed by atoms with Crippen LogP contribution in [-0.2, 0) is 10.2 Å². The van der Waals surface area contributed by atoms with E-state index in [4.69, 9.17) is 0 Å². The molecule has 4 rings (SSSR count). The van der Waals surface area contributed by atoms with Crippen LogP contribution in [-0.4, -0.2) is 26.1 Å². The van der Waals surface area contributed by atoms with Gasteiger partial charge in [-0.2, -0.15) is 0 Å². The standard InChI is InChI=1S/C17H15N5O/c23-16(17(9-10-17)13-5-2-1-3-6-13)19-14-7-4-8-15(11-14)22-12-18-20-21-22/h1-8,11-12H,9-10H2,(H,19,23). The smallest absolute Gasteiger partial charge is 0.235 e. The maximum absolute atomic E-state index is 12.7. The molecule has 0 bridgehead atoms. The van der Waals surface area contributed by atoms with Gasteiger partial charge in [0, 0.05) is 5.69 Å². The van der Waals surface area contributed by atoms with Gasteiger partial charge in [0.1, 0.15) is 6.33 Å². The van der Waals surface area contributed by atoms with E-state index in [9.17, 15) is 4.79 Å². The quantitative estimate of drug-likeness (QED) is 0.803. The fourth-order valence-electron chi connectivity index (χ4n) is 2.79. The monoisotopic (exact) mass is 305 g/mol. The van der Waals surface area contributed by atoms with E-state index in [0.717, 1.165) is 29.8 Å². The van der Waals surface area contributed by atoms with Crippen molar-refractivity contribution in [2.75, 3.05) is 5.32 Å². The summed E-state index contributed by atoms with van der Waals surface area (Å²) in [6.07, 6.45) is 3.29. The molecule has 0 saturated heterocycles. The maximum atomic E-state index is 12.7. The summed E-state index contributed by atoms with van der Waals surface area (Å²) in [7, 11) is 0. The summed E-state index contributed by atoms with van der Waals surface area (Å²) in [6.45, 7) is 0. The summed E-state index contributed by atoms with van der Waals surface area (Å²) in [5.41, 5.74) is 2.24. The molecule has 1 heterocycles. The average Bonchev–Trinajstić information content (AvgIpc) is 3.23. The first-order chi connectivity index (χ1) is 11.3. The molecular weight excluding hydrogens is 290 g/mol. The lowest BCUT2D eigenvalue weighted by molar-refractivity contribution is -0.118. The number of carbonyl (C=O) groups excluding carboxylic acids is 1. The zero-order valence-corrected chi connectivity index (χ0v) is 12.4. The third-order valence-electron chi connectivity index (χ3n) is 4.23. The second-order valence-corrected chi connectivity index (χ2v) is 5.71. The van der Waals surface area contributed by atoms with E-state index in [0.29, 0.717) is 0 Å². The number of hydrogen-bond acceptors (Lipinski definition) is 4. The van der Waals surface area contributed by atoms with Gasteiger partial charge in [0.15, 0.2) is 0 Å².